The molecule has 0 aliphatic rings. The lowest BCUT2D eigenvalue weighted by Gasteiger charge is -2.10. The minimum Gasteiger partial charge on any atom is -0.387 e. The molecule has 0 amide bonds. The van der Waals surface area contributed by atoms with Crippen LogP contribution in [0.4, 0.5) is 0 Å². The highest BCUT2D eigenvalue weighted by Crippen LogP contribution is 2.22. The van der Waals surface area contributed by atoms with Crippen molar-refractivity contribution >= 4 is 9.84 Å². The number of aliphatic hydroxyl groups excluding tert-OH is 1. The van der Waals surface area contributed by atoms with Gasteiger partial charge in [-0.15, -0.1) is 0 Å². The molecule has 108 valence electrons. The summed E-state index contributed by atoms with van der Waals surface area (Å²) in [5.41, 5.74) is 1.14. The van der Waals surface area contributed by atoms with Crippen molar-refractivity contribution in [2.45, 2.75) is 23.2 Å². The molecule has 0 heterocycles. The summed E-state index contributed by atoms with van der Waals surface area (Å²) < 4.78 is 24.8. The van der Waals surface area contributed by atoms with Crippen molar-refractivity contribution in [1.29, 1.82) is 5.26 Å². The fourth-order valence-corrected chi connectivity index (χ4v) is 3.40. The van der Waals surface area contributed by atoms with Crippen LogP contribution < -0.4 is 0 Å². The van der Waals surface area contributed by atoms with E-state index in [0.29, 0.717) is 11.1 Å². The Morgan fingerprint density at radius 1 is 1.10 bits per heavy atom. The SMILES string of the molecule is N#CCC(O)c1cccc(S(=O)(=O)Cc2ccccc2)c1. The molecule has 4 nitrogen and oxygen atoms in total. The van der Waals surface area contributed by atoms with Crippen molar-refractivity contribution in [3.63, 3.8) is 0 Å². The summed E-state index contributed by atoms with van der Waals surface area (Å²) in [7, 11) is -3.48. The molecule has 0 saturated carbocycles. The summed E-state index contributed by atoms with van der Waals surface area (Å²) >= 11 is 0. The fourth-order valence-electron chi connectivity index (χ4n) is 2.00. The molecule has 0 aliphatic carbocycles. The van der Waals surface area contributed by atoms with Gasteiger partial charge in [0.1, 0.15) is 0 Å². The summed E-state index contributed by atoms with van der Waals surface area (Å²) in [6, 6.07) is 16.9. The van der Waals surface area contributed by atoms with E-state index in [1.807, 2.05) is 12.1 Å². The molecule has 0 radical (unpaired) electrons. The van der Waals surface area contributed by atoms with Crippen LogP contribution >= 0.6 is 0 Å². The van der Waals surface area contributed by atoms with E-state index in [0.717, 1.165) is 0 Å². The first-order chi connectivity index (χ1) is 10.0. The van der Waals surface area contributed by atoms with E-state index in [9.17, 15) is 13.5 Å². The summed E-state index contributed by atoms with van der Waals surface area (Å²) in [5, 5.41) is 18.4. The topological polar surface area (TPSA) is 78.2 Å². The molecule has 0 aromatic heterocycles. The molecule has 2 aromatic carbocycles. The molecule has 21 heavy (non-hydrogen) atoms. The van der Waals surface area contributed by atoms with Crippen LogP contribution in [-0.4, -0.2) is 13.5 Å². The van der Waals surface area contributed by atoms with E-state index in [2.05, 4.69) is 0 Å². The van der Waals surface area contributed by atoms with Crippen molar-refractivity contribution in [3.8, 4) is 6.07 Å². The lowest BCUT2D eigenvalue weighted by atomic mass is 10.1. The first-order valence-corrected chi connectivity index (χ1v) is 8.10. The molecule has 2 aromatic rings. The standard InChI is InChI=1S/C16H15NO3S/c17-10-9-16(18)14-7-4-8-15(11-14)21(19,20)12-13-5-2-1-3-6-13/h1-8,11,16,18H,9,12H2. The van der Waals surface area contributed by atoms with Crippen molar-refractivity contribution < 1.29 is 13.5 Å². The highest BCUT2D eigenvalue weighted by atomic mass is 32.2. The summed E-state index contributed by atoms with van der Waals surface area (Å²) in [6.45, 7) is 0. The van der Waals surface area contributed by atoms with Crippen molar-refractivity contribution in [3.05, 3.63) is 65.7 Å². The number of hydrogen-bond donors (Lipinski definition) is 1. The van der Waals surface area contributed by atoms with E-state index >= 15 is 0 Å². The lowest BCUT2D eigenvalue weighted by molar-refractivity contribution is 0.183. The molecular formula is C16H15NO3S. The van der Waals surface area contributed by atoms with E-state index < -0.39 is 15.9 Å². The van der Waals surface area contributed by atoms with Crippen molar-refractivity contribution in [1.82, 2.24) is 0 Å². The second-order valence-electron chi connectivity index (χ2n) is 4.70. The third kappa shape index (κ3) is 3.91. The average molecular weight is 301 g/mol. The summed E-state index contributed by atoms with van der Waals surface area (Å²) in [5.74, 6) is -0.0916. The molecule has 0 fully saturated rings. The van der Waals surface area contributed by atoms with Crippen LogP contribution in [-0.2, 0) is 15.6 Å². The van der Waals surface area contributed by atoms with Crippen LogP contribution in [0.3, 0.4) is 0 Å². The Bertz CT molecular complexity index is 749. The van der Waals surface area contributed by atoms with Crippen molar-refractivity contribution in [2.75, 3.05) is 0 Å². The van der Waals surface area contributed by atoms with Crippen molar-refractivity contribution in [2.24, 2.45) is 0 Å². The predicted octanol–water partition coefficient (Wildman–Crippen LogP) is 2.61. The second kappa shape index (κ2) is 6.53. The average Bonchev–Trinajstić information content (AvgIpc) is 2.48. The highest BCUT2D eigenvalue weighted by Gasteiger charge is 2.17. The lowest BCUT2D eigenvalue weighted by Crippen LogP contribution is -2.06. The number of sulfone groups is 1. The maximum atomic E-state index is 12.4. The molecular weight excluding hydrogens is 286 g/mol. The van der Waals surface area contributed by atoms with Crippen LogP contribution in [0.15, 0.2) is 59.5 Å². The fraction of sp³-hybridized carbons (Fsp3) is 0.188. The van der Waals surface area contributed by atoms with Crippen LogP contribution in [0, 0.1) is 11.3 Å². The van der Waals surface area contributed by atoms with Crippen LogP contribution in [0.2, 0.25) is 0 Å². The maximum Gasteiger partial charge on any atom is 0.182 e. The zero-order valence-electron chi connectivity index (χ0n) is 11.3. The largest absolute Gasteiger partial charge is 0.387 e. The number of aliphatic hydroxyl groups is 1. The first-order valence-electron chi connectivity index (χ1n) is 6.44. The maximum absolute atomic E-state index is 12.4. The Balaban J connectivity index is 2.29. The van der Waals surface area contributed by atoms with E-state index in [1.165, 1.54) is 12.1 Å². The Morgan fingerprint density at radius 3 is 2.48 bits per heavy atom. The molecule has 0 aliphatic heterocycles. The Morgan fingerprint density at radius 2 is 1.81 bits per heavy atom. The smallest absolute Gasteiger partial charge is 0.182 e. The van der Waals surface area contributed by atoms with Gasteiger partial charge in [0.2, 0.25) is 0 Å². The van der Waals surface area contributed by atoms with Gasteiger partial charge in [-0.1, -0.05) is 42.5 Å². The van der Waals surface area contributed by atoms with Gasteiger partial charge in [0.05, 0.1) is 29.2 Å². The molecule has 5 heteroatoms. The van der Waals surface area contributed by atoms with Gasteiger partial charge >= 0.3 is 0 Å². The molecule has 2 rings (SSSR count). The monoisotopic (exact) mass is 301 g/mol. The molecule has 0 spiro atoms. The van der Waals surface area contributed by atoms with E-state index in [4.69, 9.17) is 5.26 Å². The van der Waals surface area contributed by atoms with Gasteiger partial charge in [-0.05, 0) is 23.3 Å². The van der Waals surface area contributed by atoms with Gasteiger partial charge in [-0.3, -0.25) is 0 Å². The quantitative estimate of drug-likeness (QED) is 0.920. The van der Waals surface area contributed by atoms with Gasteiger partial charge in [-0.2, -0.15) is 5.26 Å². The third-order valence-electron chi connectivity index (χ3n) is 3.09. The van der Waals surface area contributed by atoms with Gasteiger partial charge < -0.3 is 5.11 Å². The van der Waals surface area contributed by atoms with Gasteiger partial charge in [0.15, 0.2) is 9.84 Å². The summed E-state index contributed by atoms with van der Waals surface area (Å²) in [6.07, 6.45) is -1.04. The highest BCUT2D eigenvalue weighted by molar-refractivity contribution is 7.90. The Hall–Kier alpha value is -2.16. The normalized spacial score (nSPS) is 12.6. The predicted molar refractivity (Wildman–Crippen MR) is 79.0 cm³/mol. The Kier molecular flexibility index (Phi) is 4.73. The number of rotatable bonds is 5. The van der Waals surface area contributed by atoms with Crippen LogP contribution in [0.25, 0.3) is 0 Å². The van der Waals surface area contributed by atoms with Crippen LogP contribution in [0.1, 0.15) is 23.7 Å². The van der Waals surface area contributed by atoms with Crippen LogP contribution in [0.5, 0.6) is 0 Å². The minimum absolute atomic E-state index is 0.0673. The van der Waals surface area contributed by atoms with Gasteiger partial charge in [0, 0.05) is 0 Å². The molecule has 0 saturated heterocycles. The zero-order chi connectivity index (χ0) is 15.3. The van der Waals surface area contributed by atoms with E-state index in [-0.39, 0.29) is 17.1 Å². The van der Waals surface area contributed by atoms with E-state index in [1.54, 1.807) is 36.4 Å². The second-order valence-corrected chi connectivity index (χ2v) is 6.68. The van der Waals surface area contributed by atoms with Gasteiger partial charge in [0.25, 0.3) is 0 Å². The number of benzene rings is 2. The minimum atomic E-state index is -3.48. The molecule has 1 N–H and O–H groups in total. The van der Waals surface area contributed by atoms with Gasteiger partial charge in [-0.25, -0.2) is 8.42 Å². The molecule has 0 bridgehead atoms. The third-order valence-corrected chi connectivity index (χ3v) is 4.77. The molecule has 1 atom stereocenters. The first kappa shape index (κ1) is 15.2. The Labute approximate surface area is 124 Å². The summed E-state index contributed by atoms with van der Waals surface area (Å²) in [4.78, 5) is 0.154. The molecule has 1 unspecified atom stereocenters. The number of nitrogens with zero attached hydrogens (tertiary/aromatic N) is 1. The number of hydrogen-bond acceptors (Lipinski definition) is 4. The zero-order valence-corrected chi connectivity index (χ0v) is 12.1. The number of nitriles is 1.